The molecule has 0 radical (unpaired) electrons. The maximum Gasteiger partial charge on any atom is 0.444 e. The van der Waals surface area contributed by atoms with Crippen molar-refractivity contribution < 1.29 is 17.9 Å². The number of aromatic amines is 1. The van der Waals surface area contributed by atoms with E-state index in [9.17, 15) is 22.8 Å². The molecule has 0 atom stereocenters. The number of nitrogens with one attached hydrogen (secondary N) is 1. The predicted molar refractivity (Wildman–Crippen MR) is 135 cm³/mol. The van der Waals surface area contributed by atoms with E-state index in [1.54, 1.807) is 66.5 Å². The fraction of sp³-hybridized carbons (Fsp3) is 0.250. The van der Waals surface area contributed by atoms with Gasteiger partial charge < -0.3 is 9.72 Å². The zero-order valence-electron chi connectivity index (χ0n) is 20.1. The van der Waals surface area contributed by atoms with Crippen molar-refractivity contribution in [3.05, 3.63) is 86.7 Å². The molecule has 4 aromatic rings. The lowest BCUT2D eigenvalue weighted by atomic mass is 9.93. The van der Waals surface area contributed by atoms with Gasteiger partial charge in [-0.15, -0.1) is 4.68 Å². The van der Waals surface area contributed by atoms with Gasteiger partial charge in [0.1, 0.15) is 6.61 Å². The maximum absolute atomic E-state index is 13.5. The molecule has 188 valence electrons. The predicted octanol–water partition coefficient (Wildman–Crippen LogP) is 2.45. The summed E-state index contributed by atoms with van der Waals surface area (Å²) in [6, 6.07) is 13.6. The normalized spacial score (nSPS) is 11.7. The van der Waals surface area contributed by atoms with Crippen molar-refractivity contribution in [2.24, 2.45) is 7.05 Å². The fourth-order valence-electron chi connectivity index (χ4n) is 3.91. The molecule has 0 aliphatic rings. The van der Waals surface area contributed by atoms with Crippen molar-refractivity contribution in [3.8, 4) is 11.3 Å². The van der Waals surface area contributed by atoms with Crippen molar-refractivity contribution >= 4 is 27.0 Å². The van der Waals surface area contributed by atoms with Crippen LogP contribution in [0.3, 0.4) is 0 Å². The van der Waals surface area contributed by atoms with E-state index in [0.29, 0.717) is 17.4 Å². The van der Waals surface area contributed by atoms with Crippen molar-refractivity contribution in [2.45, 2.75) is 26.4 Å². The minimum atomic E-state index is -4.43. The second-order valence-corrected chi connectivity index (χ2v) is 10.4. The number of ether oxygens (including phenoxy) is 1. The standard InChI is InChI=1S/C24H25N5O6S/c1-15(2)17-13-20-19(12-18(17)21-10-11-25-27(21)3)22(30)28(23(31)26-20)29(36(4,33)34)24(32)35-14-16-8-6-5-7-9-16/h5-13,15H,14H2,1-4H3,(H,26,31). The second kappa shape index (κ2) is 9.46. The molecule has 0 saturated carbocycles. The van der Waals surface area contributed by atoms with Crippen LogP contribution in [-0.2, 0) is 28.4 Å². The van der Waals surface area contributed by atoms with E-state index in [4.69, 9.17) is 4.74 Å². The molecule has 0 unspecified atom stereocenters. The minimum Gasteiger partial charge on any atom is -0.443 e. The highest BCUT2D eigenvalue weighted by Gasteiger charge is 2.31. The van der Waals surface area contributed by atoms with Crippen LogP contribution in [0.25, 0.3) is 22.2 Å². The van der Waals surface area contributed by atoms with Crippen LogP contribution in [0.4, 0.5) is 4.79 Å². The number of amides is 1. The van der Waals surface area contributed by atoms with E-state index >= 15 is 0 Å². The lowest BCUT2D eigenvalue weighted by Crippen LogP contribution is -2.55. The third kappa shape index (κ3) is 4.67. The van der Waals surface area contributed by atoms with Crippen LogP contribution in [0.15, 0.2) is 64.3 Å². The lowest BCUT2D eigenvalue weighted by molar-refractivity contribution is 0.146. The Morgan fingerprint density at radius 3 is 2.42 bits per heavy atom. The van der Waals surface area contributed by atoms with Crippen LogP contribution in [0, 0.1) is 0 Å². The number of nitrogens with zero attached hydrogens (tertiary/aromatic N) is 4. The molecule has 12 heteroatoms. The number of fused-ring (bicyclic) bond motifs is 1. The highest BCUT2D eigenvalue weighted by molar-refractivity contribution is 7.92. The Morgan fingerprint density at radius 1 is 1.14 bits per heavy atom. The Kier molecular flexibility index (Phi) is 6.55. The molecule has 0 spiro atoms. The highest BCUT2D eigenvalue weighted by Crippen LogP contribution is 2.31. The second-order valence-electron chi connectivity index (χ2n) is 8.57. The maximum atomic E-state index is 13.5. The first-order chi connectivity index (χ1) is 17.0. The number of H-pyrrole nitrogens is 1. The van der Waals surface area contributed by atoms with E-state index in [-0.39, 0.29) is 32.5 Å². The molecule has 36 heavy (non-hydrogen) atoms. The van der Waals surface area contributed by atoms with Crippen LogP contribution in [0.2, 0.25) is 0 Å². The van der Waals surface area contributed by atoms with Gasteiger partial charge >= 0.3 is 11.8 Å². The molecule has 11 nitrogen and oxygen atoms in total. The number of hydrogen-bond acceptors (Lipinski definition) is 7. The van der Waals surface area contributed by atoms with E-state index in [2.05, 4.69) is 10.1 Å². The van der Waals surface area contributed by atoms with E-state index < -0.39 is 27.4 Å². The molecule has 2 aromatic heterocycles. The van der Waals surface area contributed by atoms with Crippen molar-refractivity contribution in [1.82, 2.24) is 19.4 Å². The van der Waals surface area contributed by atoms with Gasteiger partial charge in [-0.3, -0.25) is 9.48 Å². The number of aromatic nitrogens is 4. The van der Waals surface area contributed by atoms with Gasteiger partial charge in [0.15, 0.2) is 0 Å². The number of aryl methyl sites for hydroxylation is 1. The van der Waals surface area contributed by atoms with Gasteiger partial charge in [-0.1, -0.05) is 48.6 Å². The largest absolute Gasteiger partial charge is 0.444 e. The highest BCUT2D eigenvalue weighted by atomic mass is 32.2. The van der Waals surface area contributed by atoms with Gasteiger partial charge in [-0.2, -0.15) is 5.10 Å². The number of rotatable bonds is 6. The Bertz CT molecular complexity index is 1670. The molecule has 0 bridgehead atoms. The van der Waals surface area contributed by atoms with Crippen LogP contribution >= 0.6 is 0 Å². The summed E-state index contributed by atoms with van der Waals surface area (Å²) in [5.41, 5.74) is 0.974. The summed E-state index contributed by atoms with van der Waals surface area (Å²) in [5, 5.41) is 4.20. The third-order valence-corrected chi connectivity index (χ3v) is 6.56. The van der Waals surface area contributed by atoms with Gasteiger partial charge in [-0.05, 0) is 35.2 Å². The van der Waals surface area contributed by atoms with Crippen LogP contribution in [-0.4, -0.2) is 40.2 Å². The van der Waals surface area contributed by atoms with Gasteiger partial charge in [0, 0.05) is 18.8 Å². The zero-order chi connectivity index (χ0) is 26.2. The van der Waals surface area contributed by atoms with Crippen molar-refractivity contribution in [1.29, 1.82) is 0 Å². The number of carbonyl (C=O) groups is 1. The SMILES string of the molecule is CC(C)c1cc2[nH]c(=O)n(N(C(=O)OCc3ccccc3)S(C)(=O)=O)c(=O)c2cc1-c1ccnn1C. The summed E-state index contributed by atoms with van der Waals surface area (Å²) >= 11 is 0. The molecule has 4 rings (SSSR count). The molecular weight excluding hydrogens is 486 g/mol. The fourth-order valence-corrected chi connectivity index (χ4v) is 4.68. The first kappa shape index (κ1) is 24.9. The molecule has 0 aliphatic heterocycles. The Labute approximate surface area is 206 Å². The van der Waals surface area contributed by atoms with Gasteiger partial charge in [0.2, 0.25) is 0 Å². The van der Waals surface area contributed by atoms with Gasteiger partial charge in [0.25, 0.3) is 15.6 Å². The summed E-state index contributed by atoms with van der Waals surface area (Å²) in [5.74, 6) is 0.0331. The minimum absolute atomic E-state index is 0.0136. The Hall–Kier alpha value is -4.19. The number of benzene rings is 2. The summed E-state index contributed by atoms with van der Waals surface area (Å²) in [4.78, 5) is 41.8. The van der Waals surface area contributed by atoms with Crippen LogP contribution in [0.1, 0.15) is 30.9 Å². The first-order valence-corrected chi connectivity index (χ1v) is 12.9. The van der Waals surface area contributed by atoms with E-state index in [1.807, 2.05) is 13.8 Å². The molecule has 0 aliphatic carbocycles. The summed E-state index contributed by atoms with van der Waals surface area (Å²) < 4.78 is 32.2. The summed E-state index contributed by atoms with van der Waals surface area (Å²) in [6.45, 7) is 3.68. The zero-order valence-corrected chi connectivity index (χ0v) is 20.9. The molecule has 2 heterocycles. The molecule has 1 N–H and O–H groups in total. The summed E-state index contributed by atoms with van der Waals surface area (Å²) in [7, 11) is -2.68. The van der Waals surface area contributed by atoms with E-state index in [1.165, 1.54) is 0 Å². The molecule has 0 saturated heterocycles. The summed E-state index contributed by atoms with van der Waals surface area (Å²) in [6.07, 6.45) is 0.928. The lowest BCUT2D eigenvalue weighted by Gasteiger charge is -2.21. The quantitative estimate of drug-likeness (QED) is 0.420. The number of hydrogen-bond donors (Lipinski definition) is 1. The monoisotopic (exact) mass is 511 g/mol. The molecular formula is C24H25N5O6S. The third-order valence-electron chi connectivity index (χ3n) is 5.62. The molecule has 1 amide bonds. The first-order valence-electron chi connectivity index (χ1n) is 11.0. The average Bonchev–Trinajstić information content (AvgIpc) is 3.25. The topological polar surface area (TPSA) is 136 Å². The number of carbonyl (C=O) groups excluding carboxylic acids is 1. The molecule has 0 fully saturated rings. The van der Waals surface area contributed by atoms with Crippen molar-refractivity contribution in [3.63, 3.8) is 0 Å². The smallest absolute Gasteiger partial charge is 0.443 e. The van der Waals surface area contributed by atoms with Gasteiger partial charge in [0.05, 0.1) is 22.9 Å². The average molecular weight is 512 g/mol. The van der Waals surface area contributed by atoms with Crippen LogP contribution in [0.5, 0.6) is 0 Å². The van der Waals surface area contributed by atoms with Crippen LogP contribution < -0.4 is 15.7 Å². The Balaban J connectivity index is 1.89. The van der Waals surface area contributed by atoms with E-state index in [0.717, 1.165) is 11.3 Å². The molecule has 2 aromatic carbocycles. The Morgan fingerprint density at radius 2 is 1.83 bits per heavy atom. The van der Waals surface area contributed by atoms with Crippen molar-refractivity contribution in [2.75, 3.05) is 10.7 Å². The van der Waals surface area contributed by atoms with Gasteiger partial charge in [-0.25, -0.2) is 18.0 Å². The number of sulfonamides is 1.